The maximum Gasteiger partial charge on any atom is 0.325 e. The van der Waals surface area contributed by atoms with Crippen molar-refractivity contribution in [2.24, 2.45) is 0 Å². The van der Waals surface area contributed by atoms with Gasteiger partial charge in [0.05, 0.1) is 13.2 Å². The Bertz CT molecular complexity index is 208. The van der Waals surface area contributed by atoms with Gasteiger partial charge in [-0.15, -0.1) is 0 Å². The fourth-order valence-corrected chi connectivity index (χ4v) is 1.38. The zero-order valence-corrected chi connectivity index (χ0v) is 11.1. The number of carbonyl (C=O) groups is 1. The zero-order chi connectivity index (χ0) is 12.6. The lowest BCUT2D eigenvalue weighted by molar-refractivity contribution is -0.148. The molecule has 96 valence electrons. The summed E-state index contributed by atoms with van der Waals surface area (Å²) < 4.78 is 10.3. The third-order valence-electron chi connectivity index (χ3n) is 2.99. The molecule has 2 unspecified atom stereocenters. The number of ether oxygens (including phenoxy) is 2. The van der Waals surface area contributed by atoms with Gasteiger partial charge in [-0.25, -0.2) is 0 Å². The first-order valence-corrected chi connectivity index (χ1v) is 5.89. The lowest BCUT2D eigenvalue weighted by Crippen LogP contribution is -2.48. The summed E-state index contributed by atoms with van der Waals surface area (Å²) in [4.78, 5) is 11.5. The average Bonchev–Trinajstić information content (AvgIpc) is 2.32. The van der Waals surface area contributed by atoms with Gasteiger partial charge in [0.25, 0.3) is 0 Å². The number of nitrogens with one attached hydrogen (secondary N) is 1. The molecule has 2 atom stereocenters. The molecule has 0 spiro atoms. The highest BCUT2D eigenvalue weighted by molar-refractivity contribution is 5.80. The molecule has 0 aliphatic heterocycles. The minimum atomic E-state index is -0.604. The smallest absolute Gasteiger partial charge is 0.325 e. The van der Waals surface area contributed by atoms with Crippen molar-refractivity contribution in [3.63, 3.8) is 0 Å². The van der Waals surface area contributed by atoms with Crippen molar-refractivity contribution < 1.29 is 14.3 Å². The van der Waals surface area contributed by atoms with E-state index in [4.69, 9.17) is 9.47 Å². The Morgan fingerprint density at radius 3 is 2.56 bits per heavy atom. The monoisotopic (exact) mass is 231 g/mol. The first kappa shape index (κ1) is 15.4. The van der Waals surface area contributed by atoms with Crippen molar-refractivity contribution in [1.82, 2.24) is 5.32 Å². The van der Waals surface area contributed by atoms with Gasteiger partial charge in [0, 0.05) is 6.61 Å². The van der Waals surface area contributed by atoms with Crippen molar-refractivity contribution >= 4 is 5.97 Å². The van der Waals surface area contributed by atoms with Crippen LogP contribution in [0.2, 0.25) is 0 Å². The summed E-state index contributed by atoms with van der Waals surface area (Å²) in [5.41, 5.74) is -0.604. The molecule has 0 rings (SSSR count). The van der Waals surface area contributed by atoms with Crippen molar-refractivity contribution in [1.29, 1.82) is 0 Å². The molecule has 0 aromatic rings. The molecule has 0 amide bonds. The second-order valence-corrected chi connectivity index (χ2v) is 4.27. The maximum atomic E-state index is 11.5. The van der Waals surface area contributed by atoms with Gasteiger partial charge < -0.3 is 14.8 Å². The first-order valence-electron chi connectivity index (χ1n) is 5.89. The number of rotatable bonds is 8. The Morgan fingerprint density at radius 2 is 2.12 bits per heavy atom. The fourth-order valence-electron chi connectivity index (χ4n) is 1.38. The Hall–Kier alpha value is -0.610. The van der Waals surface area contributed by atoms with E-state index in [9.17, 15) is 4.79 Å². The molecular formula is C12H25NO3. The van der Waals surface area contributed by atoms with Crippen LogP contribution in [-0.2, 0) is 14.3 Å². The quantitative estimate of drug-likeness (QED) is 0.510. The van der Waals surface area contributed by atoms with Gasteiger partial charge in [0.1, 0.15) is 5.54 Å². The molecule has 0 saturated heterocycles. The first-order chi connectivity index (χ1) is 7.50. The molecule has 0 aromatic heterocycles. The molecule has 0 heterocycles. The summed E-state index contributed by atoms with van der Waals surface area (Å²) in [7, 11) is 3.18. The van der Waals surface area contributed by atoms with Gasteiger partial charge in [-0.2, -0.15) is 0 Å². The number of carbonyl (C=O) groups excluding carboxylic acids is 1. The number of hydrogen-bond acceptors (Lipinski definition) is 4. The molecule has 16 heavy (non-hydrogen) atoms. The van der Waals surface area contributed by atoms with Crippen LogP contribution in [0.15, 0.2) is 0 Å². The highest BCUT2D eigenvalue weighted by Crippen LogP contribution is 2.14. The molecule has 4 heteroatoms. The molecular weight excluding hydrogens is 206 g/mol. The summed E-state index contributed by atoms with van der Waals surface area (Å²) in [5, 5.41) is 3.00. The normalized spacial score (nSPS) is 16.6. The summed E-state index contributed by atoms with van der Waals surface area (Å²) in [6.07, 6.45) is 2.86. The minimum absolute atomic E-state index is 0.224. The molecule has 0 aliphatic carbocycles. The Balaban J connectivity index is 3.92. The Morgan fingerprint density at radius 1 is 1.50 bits per heavy atom. The van der Waals surface area contributed by atoms with Crippen LogP contribution in [0.4, 0.5) is 0 Å². The van der Waals surface area contributed by atoms with Crippen molar-refractivity contribution in [2.75, 3.05) is 20.8 Å². The topological polar surface area (TPSA) is 47.6 Å². The van der Waals surface area contributed by atoms with E-state index >= 15 is 0 Å². The highest BCUT2D eigenvalue weighted by Gasteiger charge is 2.31. The van der Waals surface area contributed by atoms with Gasteiger partial charge in [-0.3, -0.25) is 4.79 Å². The number of likely N-dealkylation sites (N-methyl/N-ethyl adjacent to an activating group) is 1. The molecule has 0 fully saturated rings. The lowest BCUT2D eigenvalue weighted by atomic mass is 9.96. The zero-order valence-electron chi connectivity index (χ0n) is 11.1. The van der Waals surface area contributed by atoms with E-state index in [1.54, 1.807) is 7.05 Å². The average molecular weight is 231 g/mol. The molecule has 0 aliphatic rings. The number of esters is 1. The second-order valence-electron chi connectivity index (χ2n) is 4.27. The minimum Gasteiger partial charge on any atom is -0.468 e. The largest absolute Gasteiger partial charge is 0.468 e. The SMILES string of the molecule is CCC(C)OCCCC(C)(NC)C(=O)OC. The molecule has 0 saturated carbocycles. The van der Waals surface area contributed by atoms with E-state index < -0.39 is 5.54 Å². The predicted molar refractivity (Wildman–Crippen MR) is 64.4 cm³/mol. The van der Waals surface area contributed by atoms with Crippen LogP contribution < -0.4 is 5.32 Å². The van der Waals surface area contributed by atoms with Gasteiger partial charge in [0.15, 0.2) is 0 Å². The Kier molecular flexibility index (Phi) is 7.34. The summed E-state index contributed by atoms with van der Waals surface area (Å²) >= 11 is 0. The Labute approximate surface area is 98.7 Å². The van der Waals surface area contributed by atoms with Crippen molar-refractivity contribution in [3.8, 4) is 0 Å². The molecule has 1 N–H and O–H groups in total. The molecule has 0 aromatic carbocycles. The van der Waals surface area contributed by atoms with Crippen LogP contribution in [0.1, 0.15) is 40.0 Å². The van der Waals surface area contributed by atoms with Crippen LogP contribution >= 0.6 is 0 Å². The van der Waals surface area contributed by atoms with Crippen LogP contribution in [0.5, 0.6) is 0 Å². The predicted octanol–water partition coefficient (Wildman–Crippen LogP) is 1.73. The molecule has 4 nitrogen and oxygen atoms in total. The maximum absolute atomic E-state index is 11.5. The van der Waals surface area contributed by atoms with Gasteiger partial charge in [0.2, 0.25) is 0 Å². The van der Waals surface area contributed by atoms with Crippen molar-refractivity contribution in [3.05, 3.63) is 0 Å². The fraction of sp³-hybridized carbons (Fsp3) is 0.917. The third kappa shape index (κ3) is 4.94. The van der Waals surface area contributed by atoms with E-state index in [2.05, 4.69) is 19.2 Å². The van der Waals surface area contributed by atoms with Crippen LogP contribution in [0.3, 0.4) is 0 Å². The van der Waals surface area contributed by atoms with Gasteiger partial charge in [-0.1, -0.05) is 6.92 Å². The standard InChI is InChI=1S/C12H25NO3/c1-6-10(2)16-9-7-8-12(3,13-4)11(14)15-5/h10,13H,6-9H2,1-5H3. The van der Waals surface area contributed by atoms with Crippen molar-refractivity contribution in [2.45, 2.75) is 51.7 Å². The second kappa shape index (κ2) is 7.63. The summed E-state index contributed by atoms with van der Waals surface area (Å²) in [6.45, 7) is 6.68. The van der Waals surface area contributed by atoms with E-state index in [1.807, 2.05) is 6.92 Å². The van der Waals surface area contributed by atoms with Crippen LogP contribution in [-0.4, -0.2) is 38.4 Å². The number of hydrogen-bond donors (Lipinski definition) is 1. The lowest BCUT2D eigenvalue weighted by Gasteiger charge is -2.26. The van der Waals surface area contributed by atoms with Crippen LogP contribution in [0.25, 0.3) is 0 Å². The van der Waals surface area contributed by atoms with Gasteiger partial charge in [-0.05, 0) is 40.2 Å². The van der Waals surface area contributed by atoms with Crippen LogP contribution in [0, 0.1) is 0 Å². The van der Waals surface area contributed by atoms with E-state index in [0.29, 0.717) is 19.1 Å². The molecule has 0 radical (unpaired) electrons. The molecule has 0 bridgehead atoms. The number of methoxy groups -OCH3 is 1. The van der Waals surface area contributed by atoms with E-state index in [-0.39, 0.29) is 5.97 Å². The summed E-state index contributed by atoms with van der Waals surface area (Å²) in [5.74, 6) is -0.224. The van der Waals surface area contributed by atoms with Gasteiger partial charge >= 0.3 is 5.97 Å². The van der Waals surface area contributed by atoms with E-state index in [1.165, 1.54) is 7.11 Å². The highest BCUT2D eigenvalue weighted by atomic mass is 16.5. The summed E-state index contributed by atoms with van der Waals surface area (Å²) in [6, 6.07) is 0. The van der Waals surface area contributed by atoms with E-state index in [0.717, 1.165) is 12.8 Å². The third-order valence-corrected chi connectivity index (χ3v) is 2.99.